The standard InChI is InChI=1S/C16H25NO/c1-17(2)15(13-14-9-5-3-6-10-14)16(18)11-7-4-8-12-16/h3,5-6,9-10,15,18H,4,7-8,11-13H2,1-2H3. The van der Waals surface area contributed by atoms with Crippen LogP contribution in [0, 0.1) is 0 Å². The van der Waals surface area contributed by atoms with Crippen molar-refractivity contribution in [1.82, 2.24) is 4.90 Å². The molecule has 0 heterocycles. The van der Waals surface area contributed by atoms with Gasteiger partial charge in [-0.2, -0.15) is 0 Å². The van der Waals surface area contributed by atoms with E-state index < -0.39 is 5.60 Å². The highest BCUT2D eigenvalue weighted by molar-refractivity contribution is 5.17. The van der Waals surface area contributed by atoms with Crippen molar-refractivity contribution < 1.29 is 5.11 Å². The van der Waals surface area contributed by atoms with Crippen LogP contribution in [-0.2, 0) is 6.42 Å². The van der Waals surface area contributed by atoms with E-state index in [1.165, 1.54) is 12.0 Å². The number of rotatable bonds is 4. The maximum Gasteiger partial charge on any atom is 0.0805 e. The molecule has 1 fully saturated rings. The van der Waals surface area contributed by atoms with Crippen LogP contribution in [0.5, 0.6) is 0 Å². The van der Waals surface area contributed by atoms with Crippen molar-refractivity contribution in [2.24, 2.45) is 0 Å². The Balaban J connectivity index is 2.13. The van der Waals surface area contributed by atoms with E-state index in [0.717, 1.165) is 32.1 Å². The number of benzene rings is 1. The Morgan fingerprint density at radius 2 is 1.72 bits per heavy atom. The van der Waals surface area contributed by atoms with Crippen molar-refractivity contribution in [2.75, 3.05) is 14.1 Å². The molecule has 1 aliphatic carbocycles. The summed E-state index contributed by atoms with van der Waals surface area (Å²) in [4.78, 5) is 2.19. The van der Waals surface area contributed by atoms with Gasteiger partial charge in [-0.1, -0.05) is 49.6 Å². The van der Waals surface area contributed by atoms with Crippen LogP contribution in [0.3, 0.4) is 0 Å². The van der Waals surface area contributed by atoms with Crippen molar-refractivity contribution >= 4 is 0 Å². The highest BCUT2D eigenvalue weighted by Crippen LogP contribution is 2.34. The van der Waals surface area contributed by atoms with Gasteiger partial charge in [0.05, 0.1) is 5.60 Å². The van der Waals surface area contributed by atoms with Crippen LogP contribution in [0.1, 0.15) is 37.7 Å². The molecule has 2 nitrogen and oxygen atoms in total. The SMILES string of the molecule is CN(C)C(Cc1ccccc1)C1(O)CCCCC1. The molecule has 1 aromatic rings. The van der Waals surface area contributed by atoms with E-state index in [1.54, 1.807) is 0 Å². The number of likely N-dealkylation sites (N-methyl/N-ethyl adjacent to an activating group) is 1. The van der Waals surface area contributed by atoms with E-state index >= 15 is 0 Å². The summed E-state index contributed by atoms with van der Waals surface area (Å²) in [6.07, 6.45) is 6.43. The zero-order chi connectivity index (χ0) is 13.0. The normalized spacial score (nSPS) is 20.9. The van der Waals surface area contributed by atoms with Crippen LogP contribution in [0.15, 0.2) is 30.3 Å². The van der Waals surface area contributed by atoms with E-state index in [1.807, 2.05) is 6.07 Å². The predicted octanol–water partition coefficient (Wildman–Crippen LogP) is 2.85. The van der Waals surface area contributed by atoms with Gasteiger partial charge in [-0.15, -0.1) is 0 Å². The Morgan fingerprint density at radius 3 is 2.28 bits per heavy atom. The summed E-state index contributed by atoms with van der Waals surface area (Å²) in [6.45, 7) is 0. The fourth-order valence-electron chi connectivity index (χ4n) is 3.19. The van der Waals surface area contributed by atoms with Gasteiger partial charge >= 0.3 is 0 Å². The first-order valence-corrected chi connectivity index (χ1v) is 7.04. The quantitative estimate of drug-likeness (QED) is 0.884. The van der Waals surface area contributed by atoms with Gasteiger partial charge in [0.15, 0.2) is 0 Å². The van der Waals surface area contributed by atoms with Gasteiger partial charge < -0.3 is 10.0 Å². The smallest absolute Gasteiger partial charge is 0.0805 e. The van der Waals surface area contributed by atoms with Crippen molar-refractivity contribution in [1.29, 1.82) is 0 Å². The lowest BCUT2D eigenvalue weighted by Crippen LogP contribution is -2.52. The zero-order valence-electron chi connectivity index (χ0n) is 11.6. The minimum atomic E-state index is -0.502. The lowest BCUT2D eigenvalue weighted by molar-refractivity contribution is -0.0601. The van der Waals surface area contributed by atoms with E-state index in [0.29, 0.717) is 0 Å². The molecule has 0 saturated heterocycles. The van der Waals surface area contributed by atoms with E-state index in [-0.39, 0.29) is 6.04 Å². The Kier molecular flexibility index (Phi) is 4.41. The summed E-state index contributed by atoms with van der Waals surface area (Å²) in [7, 11) is 4.17. The lowest BCUT2D eigenvalue weighted by Gasteiger charge is -2.42. The van der Waals surface area contributed by atoms with Crippen LogP contribution in [0.4, 0.5) is 0 Å². The van der Waals surface area contributed by atoms with Gasteiger partial charge in [0.2, 0.25) is 0 Å². The zero-order valence-corrected chi connectivity index (χ0v) is 11.6. The molecular formula is C16H25NO. The van der Waals surface area contributed by atoms with Crippen LogP contribution in [0.2, 0.25) is 0 Å². The maximum absolute atomic E-state index is 10.9. The second-order valence-corrected chi connectivity index (χ2v) is 5.83. The molecule has 1 N–H and O–H groups in total. The second kappa shape index (κ2) is 5.85. The number of hydrogen-bond donors (Lipinski definition) is 1. The van der Waals surface area contributed by atoms with Gasteiger partial charge in [-0.25, -0.2) is 0 Å². The van der Waals surface area contributed by atoms with E-state index in [4.69, 9.17) is 0 Å². The number of aliphatic hydroxyl groups is 1. The molecular weight excluding hydrogens is 222 g/mol. The van der Waals surface area contributed by atoms with Crippen molar-refractivity contribution in [2.45, 2.75) is 50.2 Å². The molecule has 1 aliphatic rings. The molecule has 0 aromatic heterocycles. The van der Waals surface area contributed by atoms with Crippen LogP contribution in [0.25, 0.3) is 0 Å². The average Bonchev–Trinajstić information content (AvgIpc) is 2.37. The monoisotopic (exact) mass is 247 g/mol. The van der Waals surface area contributed by atoms with Gasteiger partial charge in [0, 0.05) is 6.04 Å². The molecule has 1 saturated carbocycles. The van der Waals surface area contributed by atoms with Gasteiger partial charge in [0.1, 0.15) is 0 Å². The molecule has 1 unspecified atom stereocenters. The molecule has 0 bridgehead atoms. The maximum atomic E-state index is 10.9. The van der Waals surface area contributed by atoms with Crippen molar-refractivity contribution in [3.8, 4) is 0 Å². The van der Waals surface area contributed by atoms with Crippen LogP contribution < -0.4 is 0 Å². The Labute approximate surface area is 111 Å². The molecule has 1 atom stereocenters. The molecule has 2 heteroatoms. The molecule has 18 heavy (non-hydrogen) atoms. The minimum Gasteiger partial charge on any atom is -0.388 e. The van der Waals surface area contributed by atoms with E-state index in [9.17, 15) is 5.11 Å². The third-order valence-electron chi connectivity index (χ3n) is 4.23. The third kappa shape index (κ3) is 3.12. The molecule has 1 aromatic carbocycles. The fraction of sp³-hybridized carbons (Fsp3) is 0.625. The molecule has 100 valence electrons. The summed E-state index contributed by atoms with van der Waals surface area (Å²) >= 11 is 0. The minimum absolute atomic E-state index is 0.222. The Hall–Kier alpha value is -0.860. The summed E-state index contributed by atoms with van der Waals surface area (Å²) in [5, 5.41) is 10.9. The van der Waals surface area contributed by atoms with Gasteiger partial charge in [-0.3, -0.25) is 0 Å². The fourth-order valence-corrected chi connectivity index (χ4v) is 3.19. The molecule has 0 aliphatic heterocycles. The topological polar surface area (TPSA) is 23.5 Å². The first-order valence-electron chi connectivity index (χ1n) is 7.04. The van der Waals surface area contributed by atoms with Gasteiger partial charge in [-0.05, 0) is 38.9 Å². The second-order valence-electron chi connectivity index (χ2n) is 5.83. The highest BCUT2D eigenvalue weighted by Gasteiger charge is 2.38. The molecule has 0 radical (unpaired) electrons. The first kappa shape index (κ1) is 13.6. The van der Waals surface area contributed by atoms with Crippen LogP contribution >= 0.6 is 0 Å². The summed E-state index contributed by atoms with van der Waals surface area (Å²) in [6, 6.07) is 10.7. The Bertz CT molecular complexity index is 355. The first-order chi connectivity index (χ1) is 8.62. The molecule has 0 amide bonds. The van der Waals surface area contributed by atoms with Crippen LogP contribution in [-0.4, -0.2) is 35.7 Å². The largest absolute Gasteiger partial charge is 0.388 e. The predicted molar refractivity (Wildman–Crippen MR) is 75.7 cm³/mol. The lowest BCUT2D eigenvalue weighted by atomic mass is 9.77. The Morgan fingerprint density at radius 1 is 1.11 bits per heavy atom. The van der Waals surface area contributed by atoms with Gasteiger partial charge in [0.25, 0.3) is 0 Å². The summed E-state index contributed by atoms with van der Waals surface area (Å²) < 4.78 is 0. The van der Waals surface area contributed by atoms with E-state index in [2.05, 4.69) is 43.3 Å². The average molecular weight is 247 g/mol. The van der Waals surface area contributed by atoms with Crippen molar-refractivity contribution in [3.63, 3.8) is 0 Å². The number of hydrogen-bond acceptors (Lipinski definition) is 2. The van der Waals surface area contributed by atoms with Crippen molar-refractivity contribution in [3.05, 3.63) is 35.9 Å². The summed E-state index contributed by atoms with van der Waals surface area (Å²) in [5.74, 6) is 0. The molecule has 0 spiro atoms. The number of nitrogens with zero attached hydrogens (tertiary/aromatic N) is 1. The summed E-state index contributed by atoms with van der Waals surface area (Å²) in [5.41, 5.74) is 0.813. The molecule has 2 rings (SSSR count). The third-order valence-corrected chi connectivity index (χ3v) is 4.23. The highest BCUT2D eigenvalue weighted by atomic mass is 16.3.